The van der Waals surface area contributed by atoms with Gasteiger partial charge in [-0.05, 0) is 12.3 Å². The van der Waals surface area contributed by atoms with Crippen molar-refractivity contribution in [2.45, 2.75) is 33.7 Å². The van der Waals surface area contributed by atoms with Crippen LogP contribution in [0.5, 0.6) is 0 Å². The second-order valence-electron chi connectivity index (χ2n) is 4.92. The highest BCUT2D eigenvalue weighted by molar-refractivity contribution is 5.32. The van der Waals surface area contributed by atoms with Crippen molar-refractivity contribution in [1.29, 1.82) is 0 Å². The Hall–Kier alpha value is -1.32. The minimum Gasteiger partial charge on any atom is -0.362 e. The lowest BCUT2D eigenvalue weighted by molar-refractivity contribution is 0.358. The molecule has 1 aromatic rings. The van der Waals surface area contributed by atoms with Gasteiger partial charge in [0.25, 0.3) is 5.56 Å². The summed E-state index contributed by atoms with van der Waals surface area (Å²) in [7, 11) is 1.72. The van der Waals surface area contributed by atoms with Gasteiger partial charge in [-0.2, -0.15) is 0 Å². The first-order valence-electron chi connectivity index (χ1n) is 5.10. The molecule has 1 unspecified atom stereocenters. The predicted octanol–water partition coefficient (Wildman–Crippen LogP) is 1.63. The Morgan fingerprint density at radius 2 is 2.07 bits per heavy atom. The van der Waals surface area contributed by atoms with Crippen molar-refractivity contribution < 1.29 is 0 Å². The average Bonchev–Trinajstić information content (AvgIpc) is 2.11. The minimum absolute atomic E-state index is 0.0893. The molecule has 1 N–H and O–H groups in total. The zero-order valence-electron chi connectivity index (χ0n) is 10.0. The number of nitrogens with one attached hydrogen (secondary N) is 1. The summed E-state index contributed by atoms with van der Waals surface area (Å²) < 4.78 is 1.52. The molecule has 0 bridgehead atoms. The molecule has 1 atom stereocenters. The maximum atomic E-state index is 11.7. The standard InChI is InChI=1S/C11H19N3O/c1-8(11(2,3)4)13-9-10(15)14(5)7-6-12-9/h6-8H,1-5H3,(H,12,13). The molecule has 0 saturated heterocycles. The third-order valence-corrected chi connectivity index (χ3v) is 2.67. The molecular formula is C11H19N3O. The molecule has 15 heavy (non-hydrogen) atoms. The lowest BCUT2D eigenvalue weighted by atomic mass is 9.88. The third kappa shape index (κ3) is 2.81. The highest BCUT2D eigenvalue weighted by Gasteiger charge is 2.20. The molecule has 0 aliphatic carbocycles. The molecule has 1 aromatic heterocycles. The van der Waals surface area contributed by atoms with E-state index in [2.05, 4.69) is 31.1 Å². The van der Waals surface area contributed by atoms with Crippen molar-refractivity contribution in [1.82, 2.24) is 9.55 Å². The summed E-state index contributed by atoms with van der Waals surface area (Å²) >= 11 is 0. The largest absolute Gasteiger partial charge is 0.362 e. The van der Waals surface area contributed by atoms with Gasteiger partial charge in [0.2, 0.25) is 0 Å². The summed E-state index contributed by atoms with van der Waals surface area (Å²) in [5.41, 5.74) is 0.0105. The first-order valence-corrected chi connectivity index (χ1v) is 5.10. The fourth-order valence-electron chi connectivity index (χ4n) is 1.02. The van der Waals surface area contributed by atoms with Crippen molar-refractivity contribution in [3.05, 3.63) is 22.7 Å². The summed E-state index contributed by atoms with van der Waals surface area (Å²) in [5.74, 6) is 0.419. The molecule has 84 valence electrons. The van der Waals surface area contributed by atoms with Crippen molar-refractivity contribution in [2.24, 2.45) is 12.5 Å². The Morgan fingerprint density at radius 3 is 2.60 bits per heavy atom. The summed E-state index contributed by atoms with van der Waals surface area (Å²) in [6.07, 6.45) is 3.27. The second kappa shape index (κ2) is 4.04. The topological polar surface area (TPSA) is 46.9 Å². The van der Waals surface area contributed by atoms with E-state index < -0.39 is 0 Å². The molecule has 0 saturated carbocycles. The second-order valence-corrected chi connectivity index (χ2v) is 4.92. The Bertz CT molecular complexity index is 390. The van der Waals surface area contributed by atoms with Crippen molar-refractivity contribution in [2.75, 3.05) is 5.32 Å². The molecule has 0 radical (unpaired) electrons. The number of rotatable bonds is 2. The molecule has 0 aliphatic rings. The van der Waals surface area contributed by atoms with E-state index in [4.69, 9.17) is 0 Å². The maximum absolute atomic E-state index is 11.7. The van der Waals surface area contributed by atoms with Gasteiger partial charge in [0.05, 0.1) is 0 Å². The molecular weight excluding hydrogens is 190 g/mol. The molecule has 0 fully saturated rings. The SMILES string of the molecule is CC(Nc1nccn(C)c1=O)C(C)(C)C. The number of aryl methyl sites for hydroxylation is 1. The van der Waals surface area contributed by atoms with Gasteiger partial charge in [-0.25, -0.2) is 4.98 Å². The van der Waals surface area contributed by atoms with Gasteiger partial charge >= 0.3 is 0 Å². The normalized spacial score (nSPS) is 13.7. The van der Waals surface area contributed by atoms with Crippen molar-refractivity contribution in [3.8, 4) is 0 Å². The van der Waals surface area contributed by atoms with E-state index in [9.17, 15) is 4.79 Å². The van der Waals surface area contributed by atoms with Gasteiger partial charge in [-0.15, -0.1) is 0 Å². The Kier molecular flexibility index (Phi) is 3.17. The number of nitrogens with zero attached hydrogens (tertiary/aromatic N) is 2. The van der Waals surface area contributed by atoms with E-state index >= 15 is 0 Å². The van der Waals surface area contributed by atoms with Gasteiger partial charge in [0.1, 0.15) is 0 Å². The number of anilines is 1. The highest BCUT2D eigenvalue weighted by Crippen LogP contribution is 2.20. The van der Waals surface area contributed by atoms with E-state index in [-0.39, 0.29) is 17.0 Å². The molecule has 0 spiro atoms. The van der Waals surface area contributed by atoms with Gasteiger partial charge in [0.15, 0.2) is 5.82 Å². The molecule has 4 nitrogen and oxygen atoms in total. The van der Waals surface area contributed by atoms with Crippen LogP contribution in [0.1, 0.15) is 27.7 Å². The monoisotopic (exact) mass is 209 g/mol. The summed E-state index contributed by atoms with van der Waals surface area (Å²) in [6.45, 7) is 8.42. The fraction of sp³-hybridized carbons (Fsp3) is 0.636. The smallest absolute Gasteiger partial charge is 0.293 e. The van der Waals surface area contributed by atoms with E-state index in [0.717, 1.165) is 0 Å². The summed E-state index contributed by atoms with van der Waals surface area (Å²) in [5, 5.41) is 3.15. The molecule has 4 heteroatoms. The average molecular weight is 209 g/mol. The van der Waals surface area contributed by atoms with Gasteiger partial charge in [-0.3, -0.25) is 4.79 Å². The van der Waals surface area contributed by atoms with Gasteiger partial charge in [0, 0.05) is 25.5 Å². The van der Waals surface area contributed by atoms with Crippen LogP contribution in [0.3, 0.4) is 0 Å². The van der Waals surface area contributed by atoms with Crippen LogP contribution in [-0.2, 0) is 7.05 Å². The Morgan fingerprint density at radius 1 is 1.47 bits per heavy atom. The fourth-order valence-corrected chi connectivity index (χ4v) is 1.02. The summed E-state index contributed by atoms with van der Waals surface area (Å²) in [4.78, 5) is 15.7. The lowest BCUT2D eigenvalue weighted by Gasteiger charge is -2.28. The predicted molar refractivity (Wildman–Crippen MR) is 62.0 cm³/mol. The minimum atomic E-state index is -0.0893. The first-order chi connectivity index (χ1) is 6.82. The zero-order valence-corrected chi connectivity index (χ0v) is 10.0. The van der Waals surface area contributed by atoms with Crippen LogP contribution in [-0.4, -0.2) is 15.6 Å². The Balaban J connectivity index is 2.91. The first kappa shape index (κ1) is 11.8. The van der Waals surface area contributed by atoms with Crippen molar-refractivity contribution >= 4 is 5.82 Å². The van der Waals surface area contributed by atoms with E-state index in [1.165, 1.54) is 4.57 Å². The number of hydrogen-bond acceptors (Lipinski definition) is 3. The van der Waals surface area contributed by atoms with Gasteiger partial charge < -0.3 is 9.88 Å². The van der Waals surface area contributed by atoms with Crippen LogP contribution in [0, 0.1) is 5.41 Å². The van der Waals surface area contributed by atoms with Crippen LogP contribution >= 0.6 is 0 Å². The molecule has 0 aromatic carbocycles. The van der Waals surface area contributed by atoms with Crippen LogP contribution in [0.4, 0.5) is 5.82 Å². The van der Waals surface area contributed by atoms with Crippen molar-refractivity contribution in [3.63, 3.8) is 0 Å². The summed E-state index contributed by atoms with van der Waals surface area (Å²) in [6, 6.07) is 0.195. The molecule has 0 aliphatic heterocycles. The molecule has 0 amide bonds. The number of aromatic nitrogens is 2. The van der Waals surface area contributed by atoms with Crippen LogP contribution < -0.4 is 10.9 Å². The van der Waals surface area contributed by atoms with Gasteiger partial charge in [-0.1, -0.05) is 20.8 Å². The van der Waals surface area contributed by atoms with E-state index in [1.54, 1.807) is 19.4 Å². The van der Waals surface area contributed by atoms with Crippen LogP contribution in [0.25, 0.3) is 0 Å². The third-order valence-electron chi connectivity index (χ3n) is 2.67. The van der Waals surface area contributed by atoms with E-state index in [1.807, 2.05) is 6.92 Å². The zero-order chi connectivity index (χ0) is 11.6. The Labute approximate surface area is 90.3 Å². The van der Waals surface area contributed by atoms with Crippen LogP contribution in [0.15, 0.2) is 17.2 Å². The quantitative estimate of drug-likeness (QED) is 0.805. The van der Waals surface area contributed by atoms with E-state index in [0.29, 0.717) is 5.82 Å². The van der Waals surface area contributed by atoms with Crippen LogP contribution in [0.2, 0.25) is 0 Å². The maximum Gasteiger partial charge on any atom is 0.293 e. The molecule has 1 heterocycles. The highest BCUT2D eigenvalue weighted by atomic mass is 16.1. The lowest BCUT2D eigenvalue weighted by Crippen LogP contribution is -2.34. The number of hydrogen-bond donors (Lipinski definition) is 1. The molecule has 1 rings (SSSR count).